The maximum Gasteiger partial charge on any atom is 0.308 e. The molecule has 0 spiro atoms. The molecule has 25 heavy (non-hydrogen) atoms. The Kier molecular flexibility index (Phi) is 5.90. The SMILES string of the molecule is CC(C)C(C)NC(=O)COC(=O)CCN1C(=O)c2ccccc2C1=O. The summed E-state index contributed by atoms with van der Waals surface area (Å²) in [6.07, 6.45) is -0.154. The average molecular weight is 346 g/mol. The highest BCUT2D eigenvalue weighted by molar-refractivity contribution is 6.21. The molecule has 1 aromatic rings. The van der Waals surface area contributed by atoms with Gasteiger partial charge in [0.1, 0.15) is 0 Å². The third-order valence-corrected chi connectivity index (χ3v) is 4.17. The lowest BCUT2D eigenvalue weighted by Crippen LogP contribution is -2.39. The minimum Gasteiger partial charge on any atom is -0.456 e. The Hall–Kier alpha value is -2.70. The van der Waals surface area contributed by atoms with E-state index in [0.717, 1.165) is 4.90 Å². The van der Waals surface area contributed by atoms with Crippen LogP contribution in [0.2, 0.25) is 0 Å². The van der Waals surface area contributed by atoms with Crippen LogP contribution in [0.25, 0.3) is 0 Å². The first-order chi connectivity index (χ1) is 11.8. The Labute approximate surface area is 146 Å². The lowest BCUT2D eigenvalue weighted by Gasteiger charge is -2.17. The Balaban J connectivity index is 1.79. The molecule has 1 aliphatic rings. The second kappa shape index (κ2) is 7.92. The van der Waals surface area contributed by atoms with E-state index < -0.39 is 17.8 Å². The number of esters is 1. The summed E-state index contributed by atoms with van der Waals surface area (Å²) in [6, 6.07) is 6.49. The molecule has 0 saturated heterocycles. The van der Waals surface area contributed by atoms with Crippen LogP contribution in [0.3, 0.4) is 0 Å². The molecule has 3 amide bonds. The summed E-state index contributed by atoms with van der Waals surface area (Å²) in [5.74, 6) is -1.58. The Morgan fingerprint density at radius 3 is 2.16 bits per heavy atom. The number of ether oxygens (including phenoxy) is 1. The number of benzene rings is 1. The normalized spacial score (nSPS) is 14.5. The summed E-state index contributed by atoms with van der Waals surface area (Å²) in [7, 11) is 0. The van der Waals surface area contributed by atoms with E-state index in [9.17, 15) is 19.2 Å². The fraction of sp³-hybridized carbons (Fsp3) is 0.444. The van der Waals surface area contributed by atoms with Gasteiger partial charge in [0.25, 0.3) is 17.7 Å². The van der Waals surface area contributed by atoms with Crippen LogP contribution in [-0.2, 0) is 14.3 Å². The fourth-order valence-electron chi connectivity index (χ4n) is 2.33. The number of fused-ring (bicyclic) bond motifs is 1. The van der Waals surface area contributed by atoms with E-state index in [1.165, 1.54) is 0 Å². The molecule has 2 rings (SSSR count). The van der Waals surface area contributed by atoms with Crippen LogP contribution in [0.4, 0.5) is 0 Å². The zero-order valence-corrected chi connectivity index (χ0v) is 14.6. The van der Waals surface area contributed by atoms with Crippen molar-refractivity contribution in [1.82, 2.24) is 10.2 Å². The highest BCUT2D eigenvalue weighted by Crippen LogP contribution is 2.22. The Bertz CT molecular complexity index is 663. The number of carbonyl (C=O) groups is 4. The second-order valence-corrected chi connectivity index (χ2v) is 6.32. The molecule has 0 radical (unpaired) electrons. The van der Waals surface area contributed by atoms with Gasteiger partial charge in [-0.1, -0.05) is 26.0 Å². The van der Waals surface area contributed by atoms with Crippen LogP contribution >= 0.6 is 0 Å². The van der Waals surface area contributed by atoms with Gasteiger partial charge >= 0.3 is 5.97 Å². The zero-order valence-electron chi connectivity index (χ0n) is 14.6. The molecule has 134 valence electrons. The smallest absolute Gasteiger partial charge is 0.308 e. The lowest BCUT2D eigenvalue weighted by atomic mass is 10.1. The third kappa shape index (κ3) is 4.43. The number of imide groups is 1. The predicted octanol–water partition coefficient (Wildman–Crippen LogP) is 1.38. The van der Waals surface area contributed by atoms with Gasteiger partial charge in [-0.15, -0.1) is 0 Å². The van der Waals surface area contributed by atoms with Crippen molar-refractivity contribution < 1.29 is 23.9 Å². The topological polar surface area (TPSA) is 92.8 Å². The van der Waals surface area contributed by atoms with Crippen molar-refractivity contribution in [2.75, 3.05) is 13.2 Å². The molecule has 0 bridgehead atoms. The number of hydrogen-bond acceptors (Lipinski definition) is 5. The first-order valence-electron chi connectivity index (χ1n) is 8.21. The number of nitrogens with zero attached hydrogens (tertiary/aromatic N) is 1. The van der Waals surface area contributed by atoms with Crippen molar-refractivity contribution in [2.24, 2.45) is 5.92 Å². The first kappa shape index (κ1) is 18.6. The van der Waals surface area contributed by atoms with Gasteiger partial charge in [0, 0.05) is 12.6 Å². The van der Waals surface area contributed by atoms with E-state index in [1.54, 1.807) is 24.3 Å². The molecule has 0 fully saturated rings. The zero-order chi connectivity index (χ0) is 18.6. The average Bonchev–Trinajstić information content (AvgIpc) is 2.82. The number of carbonyl (C=O) groups excluding carboxylic acids is 4. The van der Waals surface area contributed by atoms with E-state index in [0.29, 0.717) is 11.1 Å². The highest BCUT2D eigenvalue weighted by Gasteiger charge is 2.35. The van der Waals surface area contributed by atoms with Crippen molar-refractivity contribution >= 4 is 23.7 Å². The van der Waals surface area contributed by atoms with E-state index in [-0.39, 0.29) is 37.4 Å². The van der Waals surface area contributed by atoms with Gasteiger partial charge in [-0.3, -0.25) is 24.1 Å². The minimum absolute atomic E-state index is 0.0236. The molecule has 1 N–H and O–H groups in total. The molecule has 0 aromatic heterocycles. The molecule has 1 aliphatic heterocycles. The van der Waals surface area contributed by atoms with Gasteiger partial charge < -0.3 is 10.1 Å². The summed E-state index contributed by atoms with van der Waals surface area (Å²) >= 11 is 0. The molecule has 1 atom stereocenters. The largest absolute Gasteiger partial charge is 0.456 e. The maximum absolute atomic E-state index is 12.2. The first-order valence-corrected chi connectivity index (χ1v) is 8.21. The van der Waals surface area contributed by atoms with Gasteiger partial charge in [0.15, 0.2) is 6.61 Å². The van der Waals surface area contributed by atoms with Gasteiger partial charge in [-0.05, 0) is 25.0 Å². The van der Waals surface area contributed by atoms with Gasteiger partial charge in [-0.25, -0.2) is 0 Å². The van der Waals surface area contributed by atoms with Crippen LogP contribution in [0.1, 0.15) is 47.9 Å². The maximum atomic E-state index is 12.2. The molecule has 1 aromatic carbocycles. The standard InChI is InChI=1S/C18H22N2O5/c1-11(2)12(3)19-15(21)10-25-16(22)8-9-20-17(23)13-6-4-5-7-14(13)18(20)24/h4-7,11-12H,8-10H2,1-3H3,(H,19,21). The van der Waals surface area contributed by atoms with Crippen LogP contribution in [0.5, 0.6) is 0 Å². The van der Waals surface area contributed by atoms with Gasteiger partial charge in [0.2, 0.25) is 0 Å². The summed E-state index contributed by atoms with van der Waals surface area (Å²) < 4.78 is 4.89. The van der Waals surface area contributed by atoms with E-state index in [1.807, 2.05) is 20.8 Å². The van der Waals surface area contributed by atoms with Crippen molar-refractivity contribution in [3.8, 4) is 0 Å². The van der Waals surface area contributed by atoms with E-state index in [4.69, 9.17) is 4.74 Å². The van der Waals surface area contributed by atoms with Crippen LogP contribution in [-0.4, -0.2) is 47.8 Å². The summed E-state index contributed by atoms with van der Waals surface area (Å²) in [5.41, 5.74) is 0.672. The molecule has 0 aliphatic carbocycles. The summed E-state index contributed by atoms with van der Waals surface area (Å²) in [6.45, 7) is 5.36. The van der Waals surface area contributed by atoms with E-state index in [2.05, 4.69) is 5.32 Å². The van der Waals surface area contributed by atoms with E-state index >= 15 is 0 Å². The highest BCUT2D eigenvalue weighted by atomic mass is 16.5. The number of hydrogen-bond donors (Lipinski definition) is 1. The van der Waals surface area contributed by atoms with Crippen LogP contribution < -0.4 is 5.32 Å². The minimum atomic E-state index is -0.635. The van der Waals surface area contributed by atoms with Crippen LogP contribution in [0.15, 0.2) is 24.3 Å². The predicted molar refractivity (Wildman–Crippen MR) is 89.8 cm³/mol. The molecular formula is C18H22N2O5. The number of rotatable bonds is 7. The Morgan fingerprint density at radius 2 is 1.64 bits per heavy atom. The second-order valence-electron chi connectivity index (χ2n) is 6.32. The van der Waals surface area contributed by atoms with Gasteiger partial charge in [0.05, 0.1) is 17.5 Å². The van der Waals surface area contributed by atoms with Crippen LogP contribution in [0, 0.1) is 5.92 Å². The lowest BCUT2D eigenvalue weighted by molar-refractivity contribution is -0.148. The molecular weight excluding hydrogens is 324 g/mol. The molecule has 1 heterocycles. The third-order valence-electron chi connectivity index (χ3n) is 4.17. The molecule has 1 unspecified atom stereocenters. The quantitative estimate of drug-likeness (QED) is 0.595. The summed E-state index contributed by atoms with van der Waals surface area (Å²) in [4.78, 5) is 48.8. The van der Waals surface area contributed by atoms with Crippen molar-refractivity contribution in [1.29, 1.82) is 0 Å². The molecule has 7 heteroatoms. The fourth-order valence-corrected chi connectivity index (χ4v) is 2.33. The van der Waals surface area contributed by atoms with Gasteiger partial charge in [-0.2, -0.15) is 0 Å². The molecule has 0 saturated carbocycles. The number of nitrogens with one attached hydrogen (secondary N) is 1. The number of amides is 3. The molecule has 7 nitrogen and oxygen atoms in total. The van der Waals surface area contributed by atoms with Crippen molar-refractivity contribution in [2.45, 2.75) is 33.2 Å². The summed E-state index contributed by atoms with van der Waals surface area (Å²) in [5, 5.41) is 2.72. The Morgan fingerprint density at radius 1 is 1.08 bits per heavy atom. The monoisotopic (exact) mass is 346 g/mol. The van der Waals surface area contributed by atoms with Crippen molar-refractivity contribution in [3.63, 3.8) is 0 Å². The van der Waals surface area contributed by atoms with Crippen molar-refractivity contribution in [3.05, 3.63) is 35.4 Å².